The topological polar surface area (TPSA) is 39.7 Å². The van der Waals surface area contributed by atoms with Crippen LogP contribution in [0.2, 0.25) is 0 Å². The van der Waals surface area contributed by atoms with Crippen LogP contribution >= 0.6 is 12.2 Å². The molecule has 4 nitrogen and oxygen atoms in total. The quantitative estimate of drug-likeness (QED) is 0.453. The molecule has 5 heteroatoms. The highest BCUT2D eigenvalue weighted by Gasteiger charge is 1.98. The van der Waals surface area contributed by atoms with Crippen molar-refractivity contribution < 1.29 is 14.2 Å². The molecule has 0 atom stereocenters. The lowest BCUT2D eigenvalue weighted by atomic mass is 10.3. The first-order valence-electron chi connectivity index (χ1n) is 7.01. The van der Waals surface area contributed by atoms with Gasteiger partial charge in [0, 0.05) is 6.54 Å². The second-order valence-electron chi connectivity index (χ2n) is 4.58. The lowest BCUT2D eigenvalue weighted by Crippen LogP contribution is -2.25. The minimum atomic E-state index is 0.407. The largest absolute Gasteiger partial charge is 0.490 e. The summed E-state index contributed by atoms with van der Waals surface area (Å²) >= 11 is 4.95. The molecule has 0 saturated heterocycles. The average molecular weight is 309 g/mol. The lowest BCUT2D eigenvalue weighted by molar-refractivity contribution is 0.207. The van der Waals surface area contributed by atoms with Crippen molar-refractivity contribution in [3.8, 4) is 11.5 Å². The molecule has 1 aromatic carbocycles. The van der Waals surface area contributed by atoms with E-state index in [4.69, 9.17) is 26.4 Å². The summed E-state index contributed by atoms with van der Waals surface area (Å²) in [5.74, 6) is 1.60. The first-order chi connectivity index (χ1) is 10.1. The molecule has 0 saturated carbocycles. The minimum absolute atomic E-state index is 0.407. The first kappa shape index (κ1) is 17.3. The Hall–Kier alpha value is -1.75. The molecule has 0 aromatic heterocycles. The SMILES string of the molecule is CCNC(=S)OCCOc1ccc(OCC=C(C)C)cc1. The number of benzene rings is 1. The standard InChI is InChI=1S/C16H23NO3S/c1-4-17-16(21)20-12-11-19-15-7-5-14(6-8-15)18-10-9-13(2)3/h5-9H,4,10-12H2,1-3H3,(H,17,21). The summed E-state index contributed by atoms with van der Waals surface area (Å²) in [6.45, 7) is 8.27. The molecule has 116 valence electrons. The maximum absolute atomic E-state index is 5.57. The molecule has 0 bridgehead atoms. The number of nitrogens with one attached hydrogen (secondary N) is 1. The van der Waals surface area contributed by atoms with Crippen molar-refractivity contribution in [2.45, 2.75) is 20.8 Å². The van der Waals surface area contributed by atoms with Crippen molar-refractivity contribution in [2.75, 3.05) is 26.4 Å². The van der Waals surface area contributed by atoms with E-state index in [1.165, 1.54) is 5.57 Å². The van der Waals surface area contributed by atoms with Crippen molar-refractivity contribution in [3.05, 3.63) is 35.9 Å². The molecule has 0 heterocycles. The molecule has 21 heavy (non-hydrogen) atoms. The van der Waals surface area contributed by atoms with Gasteiger partial charge in [-0.3, -0.25) is 0 Å². The van der Waals surface area contributed by atoms with E-state index in [0.29, 0.717) is 25.0 Å². The van der Waals surface area contributed by atoms with Crippen LogP contribution in [0.15, 0.2) is 35.9 Å². The molecule has 0 fully saturated rings. The molecule has 0 aliphatic rings. The highest BCUT2D eigenvalue weighted by molar-refractivity contribution is 7.80. The summed E-state index contributed by atoms with van der Waals surface area (Å²) in [5, 5.41) is 3.32. The van der Waals surface area contributed by atoms with Gasteiger partial charge in [-0.05, 0) is 63.3 Å². The molecular weight excluding hydrogens is 286 g/mol. The molecule has 1 N–H and O–H groups in total. The van der Waals surface area contributed by atoms with Crippen molar-refractivity contribution in [2.24, 2.45) is 0 Å². The Morgan fingerprint density at radius 3 is 2.29 bits per heavy atom. The Morgan fingerprint density at radius 1 is 1.10 bits per heavy atom. The molecule has 0 aliphatic heterocycles. The summed E-state index contributed by atoms with van der Waals surface area (Å²) in [5.41, 5.74) is 1.24. The lowest BCUT2D eigenvalue weighted by Gasteiger charge is -2.10. The third-order valence-electron chi connectivity index (χ3n) is 2.47. The molecule has 1 aromatic rings. The molecule has 0 spiro atoms. The van der Waals surface area contributed by atoms with Gasteiger partial charge in [-0.15, -0.1) is 0 Å². The Kier molecular flexibility index (Phi) is 8.28. The van der Waals surface area contributed by atoms with E-state index in [1.807, 2.05) is 51.1 Å². The van der Waals surface area contributed by atoms with E-state index in [9.17, 15) is 0 Å². The van der Waals surface area contributed by atoms with Crippen LogP contribution < -0.4 is 14.8 Å². The van der Waals surface area contributed by atoms with Gasteiger partial charge in [-0.2, -0.15) is 0 Å². The number of allylic oxidation sites excluding steroid dienone is 1. The van der Waals surface area contributed by atoms with Crippen molar-refractivity contribution >= 4 is 17.4 Å². The van der Waals surface area contributed by atoms with Gasteiger partial charge >= 0.3 is 0 Å². The summed E-state index contributed by atoms with van der Waals surface area (Å²) in [7, 11) is 0. The van der Waals surface area contributed by atoms with Crippen LogP contribution in [0.1, 0.15) is 20.8 Å². The maximum atomic E-state index is 5.57. The van der Waals surface area contributed by atoms with Crippen molar-refractivity contribution in [3.63, 3.8) is 0 Å². The second kappa shape index (κ2) is 10.0. The zero-order valence-corrected chi connectivity index (χ0v) is 13.7. The maximum Gasteiger partial charge on any atom is 0.256 e. The summed E-state index contributed by atoms with van der Waals surface area (Å²) < 4.78 is 16.4. The van der Waals surface area contributed by atoms with E-state index in [0.717, 1.165) is 18.0 Å². The average Bonchev–Trinajstić information content (AvgIpc) is 2.45. The Morgan fingerprint density at radius 2 is 1.71 bits per heavy atom. The van der Waals surface area contributed by atoms with Crippen LogP contribution in [0.25, 0.3) is 0 Å². The molecular formula is C16H23NO3S. The monoisotopic (exact) mass is 309 g/mol. The van der Waals surface area contributed by atoms with Crippen LogP contribution in [0.5, 0.6) is 11.5 Å². The smallest absolute Gasteiger partial charge is 0.256 e. The van der Waals surface area contributed by atoms with E-state index >= 15 is 0 Å². The van der Waals surface area contributed by atoms with Gasteiger partial charge in [0.1, 0.15) is 31.3 Å². The Bertz CT molecular complexity index is 453. The third kappa shape index (κ3) is 8.19. The fraction of sp³-hybridized carbons (Fsp3) is 0.438. The number of thiocarbonyl (C=S) groups is 1. The van der Waals surface area contributed by atoms with Gasteiger partial charge in [0.05, 0.1) is 0 Å². The second-order valence-corrected chi connectivity index (χ2v) is 4.95. The van der Waals surface area contributed by atoms with Gasteiger partial charge in [-0.25, -0.2) is 0 Å². The van der Waals surface area contributed by atoms with Gasteiger partial charge in [0.15, 0.2) is 0 Å². The van der Waals surface area contributed by atoms with E-state index < -0.39 is 0 Å². The summed E-state index contributed by atoms with van der Waals surface area (Å²) in [4.78, 5) is 0. The highest BCUT2D eigenvalue weighted by Crippen LogP contribution is 2.17. The summed E-state index contributed by atoms with van der Waals surface area (Å²) in [6.07, 6.45) is 2.04. The predicted octanol–water partition coefficient (Wildman–Crippen LogP) is 3.32. The van der Waals surface area contributed by atoms with Crippen LogP contribution in [-0.4, -0.2) is 31.5 Å². The number of hydrogen-bond donors (Lipinski definition) is 1. The molecule has 0 aliphatic carbocycles. The van der Waals surface area contributed by atoms with Crippen LogP contribution in [-0.2, 0) is 4.74 Å². The van der Waals surface area contributed by atoms with Crippen LogP contribution in [0.4, 0.5) is 0 Å². The molecule has 0 unspecified atom stereocenters. The minimum Gasteiger partial charge on any atom is -0.490 e. The highest BCUT2D eigenvalue weighted by atomic mass is 32.1. The predicted molar refractivity (Wildman–Crippen MR) is 89.1 cm³/mol. The van der Waals surface area contributed by atoms with Gasteiger partial charge in [-0.1, -0.05) is 5.57 Å². The zero-order chi connectivity index (χ0) is 15.5. The van der Waals surface area contributed by atoms with Crippen molar-refractivity contribution in [1.29, 1.82) is 0 Å². The van der Waals surface area contributed by atoms with Crippen LogP contribution in [0, 0.1) is 0 Å². The van der Waals surface area contributed by atoms with Gasteiger partial charge in [0.2, 0.25) is 0 Å². The number of ether oxygens (including phenoxy) is 3. The van der Waals surface area contributed by atoms with Crippen molar-refractivity contribution in [1.82, 2.24) is 5.32 Å². The zero-order valence-electron chi connectivity index (χ0n) is 12.8. The summed E-state index contributed by atoms with van der Waals surface area (Å²) in [6, 6.07) is 7.53. The fourth-order valence-corrected chi connectivity index (χ4v) is 1.65. The van der Waals surface area contributed by atoms with E-state index in [-0.39, 0.29) is 0 Å². The van der Waals surface area contributed by atoms with Gasteiger partial charge < -0.3 is 19.5 Å². The third-order valence-corrected chi connectivity index (χ3v) is 2.73. The molecule has 0 amide bonds. The number of hydrogen-bond acceptors (Lipinski definition) is 4. The Balaban J connectivity index is 2.25. The number of rotatable bonds is 8. The first-order valence-corrected chi connectivity index (χ1v) is 7.42. The molecule has 0 radical (unpaired) electrons. The van der Waals surface area contributed by atoms with E-state index in [1.54, 1.807) is 0 Å². The fourth-order valence-electron chi connectivity index (χ4n) is 1.43. The Labute approximate surface area is 132 Å². The molecule has 1 rings (SSSR count). The van der Waals surface area contributed by atoms with E-state index in [2.05, 4.69) is 5.32 Å². The van der Waals surface area contributed by atoms with Gasteiger partial charge in [0.25, 0.3) is 5.17 Å². The van der Waals surface area contributed by atoms with Crippen LogP contribution in [0.3, 0.4) is 0 Å². The normalized spacial score (nSPS) is 9.67.